The Balaban J connectivity index is 3.98. The summed E-state index contributed by atoms with van der Waals surface area (Å²) in [5, 5.41) is 9.56. The second kappa shape index (κ2) is 8.96. The summed E-state index contributed by atoms with van der Waals surface area (Å²) < 4.78 is 4.44. The van der Waals surface area contributed by atoms with Crippen LogP contribution in [0.25, 0.3) is 0 Å². The molecule has 1 unspecified atom stereocenters. The average molecular weight is 240 g/mol. The van der Waals surface area contributed by atoms with Crippen molar-refractivity contribution in [2.75, 3.05) is 13.7 Å². The van der Waals surface area contributed by atoms with Gasteiger partial charge in [0, 0.05) is 6.54 Å². The molecule has 0 fully saturated rings. The lowest BCUT2D eigenvalue weighted by molar-refractivity contribution is -0.142. The number of hydrogen-bond donors (Lipinski definition) is 2. The van der Waals surface area contributed by atoms with E-state index in [0.717, 1.165) is 0 Å². The number of methoxy groups -OCH3 is 1. The van der Waals surface area contributed by atoms with Crippen molar-refractivity contribution < 1.29 is 19.1 Å². The van der Waals surface area contributed by atoms with Gasteiger partial charge in [-0.05, 0) is 12.8 Å². The standard InChI is InChI=1S/C9H12N4O4/c1-17-8(16)7(12-5-14)3-2-4-11-9(10)13-6-15/h7H,2-4H2,1H3,(H2,10,11). The van der Waals surface area contributed by atoms with E-state index in [-0.39, 0.29) is 12.4 Å². The molecular formula is C9H12N4O4. The molecule has 0 rings (SSSR count). The molecule has 0 aromatic rings. The number of carbonyl (C=O) groups excluding carboxylic acids is 3. The number of rotatable bonds is 6. The molecule has 0 aliphatic carbocycles. The van der Waals surface area contributed by atoms with Crippen molar-refractivity contribution in [1.82, 2.24) is 5.32 Å². The maximum atomic E-state index is 11.1. The van der Waals surface area contributed by atoms with Gasteiger partial charge in [-0.1, -0.05) is 0 Å². The Morgan fingerprint density at radius 2 is 2.18 bits per heavy atom. The maximum Gasteiger partial charge on any atom is 0.331 e. The minimum atomic E-state index is -0.886. The SMILES string of the molecule is COC(=O)C(CCCNC(=N)N=C=O)N=C=O. The Morgan fingerprint density at radius 1 is 1.47 bits per heavy atom. The number of esters is 1. The number of aliphatic imine (C=N–C) groups is 2. The van der Waals surface area contributed by atoms with Crippen LogP contribution in [0.3, 0.4) is 0 Å². The van der Waals surface area contributed by atoms with Gasteiger partial charge in [0.1, 0.15) is 0 Å². The number of nitrogens with zero attached hydrogens (tertiary/aromatic N) is 2. The lowest BCUT2D eigenvalue weighted by Crippen LogP contribution is -2.25. The van der Waals surface area contributed by atoms with Crippen molar-refractivity contribution in [1.29, 1.82) is 5.41 Å². The van der Waals surface area contributed by atoms with Gasteiger partial charge >= 0.3 is 5.97 Å². The van der Waals surface area contributed by atoms with Crippen LogP contribution in [0, 0.1) is 5.41 Å². The molecule has 0 amide bonds. The number of isocyanates is 2. The molecule has 0 aliphatic rings. The molecule has 0 spiro atoms. The van der Waals surface area contributed by atoms with Gasteiger partial charge in [0.15, 0.2) is 6.04 Å². The van der Waals surface area contributed by atoms with Gasteiger partial charge in [0.2, 0.25) is 18.1 Å². The first-order chi connectivity index (χ1) is 8.15. The number of nitrogens with one attached hydrogen (secondary N) is 2. The zero-order chi connectivity index (χ0) is 13.1. The molecule has 0 aromatic carbocycles. The zero-order valence-electron chi connectivity index (χ0n) is 9.23. The fourth-order valence-corrected chi connectivity index (χ4v) is 1.02. The first-order valence-corrected chi connectivity index (χ1v) is 4.70. The summed E-state index contributed by atoms with van der Waals surface area (Å²) in [6.07, 6.45) is 3.22. The summed E-state index contributed by atoms with van der Waals surface area (Å²) in [6.45, 7) is 0.311. The monoisotopic (exact) mass is 240 g/mol. The third kappa shape index (κ3) is 6.72. The predicted molar refractivity (Wildman–Crippen MR) is 57.0 cm³/mol. The largest absolute Gasteiger partial charge is 0.467 e. The fourth-order valence-electron chi connectivity index (χ4n) is 1.02. The smallest absolute Gasteiger partial charge is 0.331 e. The van der Waals surface area contributed by atoms with E-state index in [0.29, 0.717) is 13.0 Å². The van der Waals surface area contributed by atoms with E-state index >= 15 is 0 Å². The van der Waals surface area contributed by atoms with E-state index in [9.17, 15) is 14.4 Å². The highest BCUT2D eigenvalue weighted by Crippen LogP contribution is 2.02. The maximum absolute atomic E-state index is 11.1. The zero-order valence-corrected chi connectivity index (χ0v) is 9.23. The van der Waals surface area contributed by atoms with E-state index in [1.54, 1.807) is 0 Å². The lowest BCUT2D eigenvalue weighted by Gasteiger charge is -2.08. The topological polar surface area (TPSA) is 121 Å². The van der Waals surface area contributed by atoms with Crippen molar-refractivity contribution in [2.45, 2.75) is 18.9 Å². The quantitative estimate of drug-likeness (QED) is 0.213. The van der Waals surface area contributed by atoms with E-state index in [4.69, 9.17) is 5.41 Å². The Hall–Kier alpha value is -2.30. The molecule has 0 aliphatic heterocycles. The Labute approximate surface area is 97.3 Å². The molecule has 8 heteroatoms. The van der Waals surface area contributed by atoms with Crippen LogP contribution in [0.4, 0.5) is 0 Å². The van der Waals surface area contributed by atoms with Gasteiger partial charge in [0.25, 0.3) is 0 Å². The van der Waals surface area contributed by atoms with Gasteiger partial charge in [-0.3, -0.25) is 5.41 Å². The highest BCUT2D eigenvalue weighted by atomic mass is 16.5. The van der Waals surface area contributed by atoms with Crippen LogP contribution in [0.5, 0.6) is 0 Å². The first-order valence-electron chi connectivity index (χ1n) is 4.70. The molecule has 0 aromatic heterocycles. The van der Waals surface area contributed by atoms with Crippen molar-refractivity contribution >= 4 is 24.1 Å². The van der Waals surface area contributed by atoms with E-state index in [1.165, 1.54) is 19.3 Å². The van der Waals surface area contributed by atoms with Crippen molar-refractivity contribution in [3.8, 4) is 0 Å². The Bertz CT molecular complexity index is 369. The number of hydrogen-bond acceptors (Lipinski definition) is 6. The Morgan fingerprint density at radius 3 is 2.71 bits per heavy atom. The van der Waals surface area contributed by atoms with Crippen molar-refractivity contribution in [3.63, 3.8) is 0 Å². The molecule has 17 heavy (non-hydrogen) atoms. The summed E-state index contributed by atoms with van der Waals surface area (Å²) in [4.78, 5) is 37.3. The molecule has 0 saturated carbocycles. The normalized spacial score (nSPS) is 10.4. The summed E-state index contributed by atoms with van der Waals surface area (Å²) in [7, 11) is 1.20. The molecule has 92 valence electrons. The number of carbonyl (C=O) groups is 1. The summed E-state index contributed by atoms with van der Waals surface area (Å²) in [5.74, 6) is -0.928. The molecule has 0 heterocycles. The van der Waals surface area contributed by atoms with Gasteiger partial charge in [-0.15, -0.1) is 4.99 Å². The molecule has 1 atom stereocenters. The van der Waals surface area contributed by atoms with E-state index < -0.39 is 12.0 Å². The van der Waals surface area contributed by atoms with E-state index in [2.05, 4.69) is 20.0 Å². The fraction of sp³-hybridized carbons (Fsp3) is 0.556. The lowest BCUT2D eigenvalue weighted by atomic mass is 10.1. The molecule has 8 nitrogen and oxygen atoms in total. The summed E-state index contributed by atoms with van der Waals surface area (Å²) in [5.41, 5.74) is 0. The number of ether oxygens (including phenoxy) is 1. The van der Waals surface area contributed by atoms with Crippen LogP contribution >= 0.6 is 0 Å². The highest BCUT2D eigenvalue weighted by molar-refractivity contribution is 5.81. The van der Waals surface area contributed by atoms with Gasteiger partial charge in [0.05, 0.1) is 7.11 Å². The summed E-state index contributed by atoms with van der Waals surface area (Å²) >= 11 is 0. The highest BCUT2D eigenvalue weighted by Gasteiger charge is 2.17. The minimum Gasteiger partial charge on any atom is -0.467 e. The minimum absolute atomic E-state index is 0.271. The molecular weight excluding hydrogens is 228 g/mol. The predicted octanol–water partition coefficient (Wildman–Crippen LogP) is -0.496. The van der Waals surface area contributed by atoms with Crippen LogP contribution in [-0.4, -0.2) is 43.8 Å². The Kier molecular flexibility index (Phi) is 7.75. The average Bonchev–Trinajstić information content (AvgIpc) is 2.32. The van der Waals surface area contributed by atoms with Crippen LogP contribution in [0.2, 0.25) is 0 Å². The van der Waals surface area contributed by atoms with Gasteiger partial charge in [-0.2, -0.15) is 4.99 Å². The summed E-state index contributed by atoms with van der Waals surface area (Å²) in [6, 6.07) is -0.886. The first kappa shape index (κ1) is 14.7. The molecule has 0 saturated heterocycles. The van der Waals surface area contributed by atoms with Crippen molar-refractivity contribution in [2.24, 2.45) is 9.98 Å². The van der Waals surface area contributed by atoms with Crippen LogP contribution in [0.1, 0.15) is 12.8 Å². The third-order valence-corrected chi connectivity index (χ3v) is 1.79. The third-order valence-electron chi connectivity index (χ3n) is 1.79. The van der Waals surface area contributed by atoms with Gasteiger partial charge in [-0.25, -0.2) is 14.4 Å². The van der Waals surface area contributed by atoms with Crippen LogP contribution < -0.4 is 5.32 Å². The van der Waals surface area contributed by atoms with Gasteiger partial charge < -0.3 is 10.1 Å². The second-order valence-corrected chi connectivity index (χ2v) is 2.88. The molecule has 0 radical (unpaired) electrons. The van der Waals surface area contributed by atoms with Crippen LogP contribution in [0.15, 0.2) is 9.98 Å². The molecule has 2 N–H and O–H groups in total. The van der Waals surface area contributed by atoms with Crippen LogP contribution in [-0.2, 0) is 19.1 Å². The van der Waals surface area contributed by atoms with Crippen molar-refractivity contribution in [3.05, 3.63) is 0 Å². The number of guanidine groups is 1. The van der Waals surface area contributed by atoms with E-state index in [1.807, 2.05) is 0 Å². The molecule has 0 bridgehead atoms. The second-order valence-electron chi connectivity index (χ2n) is 2.88.